The van der Waals surface area contributed by atoms with E-state index in [-0.39, 0.29) is 30.0 Å². The fraction of sp³-hybridized carbons (Fsp3) is 0.818. The minimum Gasteiger partial charge on any atom is -0.520 e. The molecule has 6 nitrogen and oxygen atoms in total. The molecule has 0 aromatic heterocycles. The first-order chi connectivity index (χ1) is 19.5. The van der Waals surface area contributed by atoms with E-state index in [1.54, 1.807) is 0 Å². The molecule has 0 heterocycles. The van der Waals surface area contributed by atoms with Crippen molar-refractivity contribution < 1.29 is 22.9 Å². The van der Waals surface area contributed by atoms with Crippen LogP contribution in [0.1, 0.15) is 84.5 Å². The summed E-state index contributed by atoms with van der Waals surface area (Å²) in [5.74, 6) is 0.381. The van der Waals surface area contributed by atoms with E-state index in [1.807, 2.05) is 19.6 Å². The number of hydrogen-bond donors (Lipinski definition) is 0. The number of carbonyl (C=O) groups is 1. The van der Waals surface area contributed by atoms with Gasteiger partial charge in [-0.2, -0.15) is 0 Å². The molecule has 0 spiro atoms. The number of hydrogen-bond acceptors (Lipinski definition) is 6. The maximum absolute atomic E-state index is 12.1. The summed E-state index contributed by atoms with van der Waals surface area (Å²) in [7, 11) is -5.28. The zero-order valence-corrected chi connectivity index (χ0v) is 32.1. The van der Waals surface area contributed by atoms with Gasteiger partial charge in [0.1, 0.15) is 6.61 Å². The highest BCUT2D eigenvalue weighted by atomic mass is 28.4. The first kappa shape index (κ1) is 39.0. The lowest BCUT2D eigenvalue weighted by Crippen LogP contribution is -2.35. The van der Waals surface area contributed by atoms with Crippen molar-refractivity contribution in [2.75, 3.05) is 6.61 Å². The molecule has 0 amide bonds. The molecule has 0 unspecified atom stereocenters. The second-order valence-corrected chi connectivity index (χ2v) is 28.1. The summed E-state index contributed by atoms with van der Waals surface area (Å²) in [6.07, 6.45) is 20.1. The van der Waals surface area contributed by atoms with Crippen molar-refractivity contribution in [2.24, 2.45) is 17.0 Å². The summed E-state index contributed by atoms with van der Waals surface area (Å²) >= 11 is 0. The fourth-order valence-electron chi connectivity index (χ4n) is 5.16. The molecule has 42 heavy (non-hydrogen) atoms. The summed E-state index contributed by atoms with van der Waals surface area (Å²) in [5.41, 5.74) is 1.10. The van der Waals surface area contributed by atoms with Gasteiger partial charge in [-0.15, -0.1) is 0 Å². The monoisotopic (exact) mass is 639 g/mol. The Hall–Kier alpha value is -1.01. The Morgan fingerprint density at radius 1 is 0.905 bits per heavy atom. The van der Waals surface area contributed by atoms with Gasteiger partial charge in [-0.25, -0.2) is 0 Å². The lowest BCUT2D eigenvalue weighted by molar-refractivity contribution is -0.135. The van der Waals surface area contributed by atoms with Crippen molar-refractivity contribution in [3.63, 3.8) is 0 Å². The van der Waals surface area contributed by atoms with Crippen molar-refractivity contribution in [3.05, 3.63) is 24.3 Å². The van der Waals surface area contributed by atoms with Gasteiger partial charge in [-0.05, 0) is 96.9 Å². The highest BCUT2D eigenvalue weighted by molar-refractivity contribution is 6.71. The summed E-state index contributed by atoms with van der Waals surface area (Å²) in [4.78, 5) is 17.9. The van der Waals surface area contributed by atoms with Gasteiger partial charge in [-0.1, -0.05) is 69.0 Å². The van der Waals surface area contributed by atoms with E-state index < -0.39 is 25.0 Å². The van der Waals surface area contributed by atoms with Crippen molar-refractivity contribution in [1.82, 2.24) is 0 Å². The standard InChI is InChI=1S/C33H65NO5Si3/c1-12-14-18-21-28(37-40(3,4)5)24-25-29-30(22-19-16-17-20-23-33(35)39-42(9,10)11)32(38-41(6,7)8)27-31(29)34-36-26-15-13-2/h16,19,24-25,28-30,32H,12-15,17-18,20-23,26-27H2,1-11H3/b19-16-,25-24+,34-31+/t28-,29-,30-,32-/m0/s1. The van der Waals surface area contributed by atoms with E-state index in [0.717, 1.165) is 50.7 Å². The van der Waals surface area contributed by atoms with Crippen LogP contribution in [0.4, 0.5) is 0 Å². The molecule has 0 aliphatic heterocycles. The van der Waals surface area contributed by atoms with E-state index in [1.165, 1.54) is 19.3 Å². The van der Waals surface area contributed by atoms with Crippen molar-refractivity contribution in [2.45, 2.75) is 156 Å². The predicted molar refractivity (Wildman–Crippen MR) is 187 cm³/mol. The highest BCUT2D eigenvalue weighted by Gasteiger charge is 2.42. The van der Waals surface area contributed by atoms with Crippen LogP contribution in [0.5, 0.6) is 0 Å². The molecular formula is C33H65NO5Si3. The molecular weight excluding hydrogens is 575 g/mol. The molecule has 1 rings (SSSR count). The molecule has 0 bridgehead atoms. The third-order valence-electron chi connectivity index (χ3n) is 6.89. The molecule has 1 saturated carbocycles. The largest absolute Gasteiger partial charge is 0.520 e. The lowest BCUT2D eigenvalue weighted by Gasteiger charge is -2.29. The molecule has 244 valence electrons. The molecule has 4 atom stereocenters. The van der Waals surface area contributed by atoms with Gasteiger partial charge in [-0.3, -0.25) is 4.79 Å². The first-order valence-corrected chi connectivity index (χ1v) is 26.9. The summed E-state index contributed by atoms with van der Waals surface area (Å²) in [5, 5.41) is 4.70. The Kier molecular flexibility index (Phi) is 18.0. The Morgan fingerprint density at radius 3 is 2.19 bits per heavy atom. The first-order valence-electron chi connectivity index (χ1n) is 16.6. The van der Waals surface area contributed by atoms with Crippen LogP contribution in [-0.2, 0) is 22.9 Å². The van der Waals surface area contributed by atoms with Crippen LogP contribution in [0.2, 0.25) is 58.9 Å². The Balaban J connectivity index is 3.14. The van der Waals surface area contributed by atoms with Gasteiger partial charge in [0.15, 0.2) is 16.6 Å². The second-order valence-electron chi connectivity index (χ2n) is 14.8. The van der Waals surface area contributed by atoms with E-state index in [2.05, 4.69) is 77.4 Å². The van der Waals surface area contributed by atoms with Gasteiger partial charge >= 0.3 is 0 Å². The minimum atomic E-state index is -1.82. The predicted octanol–water partition coefficient (Wildman–Crippen LogP) is 9.87. The van der Waals surface area contributed by atoms with Crippen molar-refractivity contribution in [1.29, 1.82) is 0 Å². The minimum absolute atomic E-state index is 0.0647. The average molecular weight is 640 g/mol. The number of allylic oxidation sites excluding steroid dienone is 3. The van der Waals surface area contributed by atoms with Crippen LogP contribution in [0.3, 0.4) is 0 Å². The fourth-order valence-corrected chi connectivity index (χ4v) is 8.21. The number of rotatable bonds is 21. The van der Waals surface area contributed by atoms with Crippen molar-refractivity contribution in [3.8, 4) is 0 Å². The van der Waals surface area contributed by atoms with Crippen LogP contribution in [-0.4, -0.2) is 55.4 Å². The molecule has 1 aliphatic rings. The molecule has 0 N–H and O–H groups in total. The summed E-state index contributed by atoms with van der Waals surface area (Å²) in [6.45, 7) is 24.8. The Morgan fingerprint density at radius 2 is 1.60 bits per heavy atom. The van der Waals surface area contributed by atoms with E-state index in [0.29, 0.717) is 13.0 Å². The molecule has 1 fully saturated rings. The third kappa shape index (κ3) is 18.6. The van der Waals surface area contributed by atoms with Gasteiger partial charge in [0, 0.05) is 18.8 Å². The van der Waals surface area contributed by atoms with E-state index in [4.69, 9.17) is 23.3 Å². The smallest absolute Gasteiger partial charge is 0.292 e. The summed E-state index contributed by atoms with van der Waals surface area (Å²) < 4.78 is 19.0. The number of unbranched alkanes of at least 4 members (excludes halogenated alkanes) is 4. The van der Waals surface area contributed by atoms with Gasteiger partial charge in [0.2, 0.25) is 8.32 Å². The van der Waals surface area contributed by atoms with E-state index >= 15 is 0 Å². The maximum Gasteiger partial charge on any atom is 0.292 e. The number of nitrogens with zero attached hydrogens (tertiary/aromatic N) is 1. The highest BCUT2D eigenvalue weighted by Crippen LogP contribution is 2.38. The van der Waals surface area contributed by atoms with Crippen LogP contribution < -0.4 is 0 Å². The van der Waals surface area contributed by atoms with Crippen LogP contribution in [0, 0.1) is 11.8 Å². The normalized spacial score (nSPS) is 22.0. The van der Waals surface area contributed by atoms with Gasteiger partial charge in [0.25, 0.3) is 5.97 Å². The molecule has 0 aromatic carbocycles. The molecule has 0 radical (unpaired) electrons. The van der Waals surface area contributed by atoms with Crippen LogP contribution >= 0.6 is 0 Å². The zero-order chi connectivity index (χ0) is 31.8. The van der Waals surface area contributed by atoms with Crippen LogP contribution in [0.15, 0.2) is 29.5 Å². The molecule has 0 saturated heterocycles. The quantitative estimate of drug-likeness (QED) is 0.0541. The van der Waals surface area contributed by atoms with E-state index in [9.17, 15) is 4.79 Å². The molecule has 0 aromatic rings. The second kappa shape index (κ2) is 19.4. The maximum atomic E-state index is 12.1. The van der Waals surface area contributed by atoms with Crippen molar-refractivity contribution >= 4 is 36.6 Å². The Bertz CT molecular complexity index is 855. The summed E-state index contributed by atoms with van der Waals surface area (Å²) in [6, 6.07) is 0. The average Bonchev–Trinajstić information content (AvgIpc) is 3.14. The zero-order valence-electron chi connectivity index (χ0n) is 29.1. The van der Waals surface area contributed by atoms with Crippen LogP contribution in [0.25, 0.3) is 0 Å². The lowest BCUT2D eigenvalue weighted by atomic mass is 9.89. The van der Waals surface area contributed by atoms with Gasteiger partial charge < -0.3 is 18.1 Å². The Labute approximate surface area is 262 Å². The molecule has 9 heteroatoms. The third-order valence-corrected chi connectivity index (χ3v) is 9.75. The number of oxime groups is 1. The SMILES string of the molecule is CCCCC[C@@H](/C=C/[C@@H]1/C(=N/OCCCC)C[C@H](O[Si](C)(C)C)[C@H]1C/C=C\CCCC(=O)O[Si](C)(C)C)O[Si](C)(C)C. The van der Waals surface area contributed by atoms with Gasteiger partial charge in [0.05, 0.1) is 17.9 Å². The molecule has 1 aliphatic carbocycles. The number of carbonyl (C=O) groups excluding carboxylic acids is 1. The topological polar surface area (TPSA) is 66.4 Å².